The van der Waals surface area contributed by atoms with Crippen LogP contribution in [0, 0.1) is 34.5 Å². The molecule has 0 aliphatic heterocycles. The highest BCUT2D eigenvalue weighted by atomic mass is 16.5. The molecule has 2 nitrogen and oxygen atoms in total. The van der Waals surface area contributed by atoms with E-state index in [1.165, 1.54) is 50.5 Å². The van der Waals surface area contributed by atoms with E-state index >= 15 is 0 Å². The zero-order chi connectivity index (χ0) is 19.5. The number of hydrogen-bond acceptors (Lipinski definition) is 2. The molecule has 0 radical (unpaired) electrons. The van der Waals surface area contributed by atoms with Gasteiger partial charge < -0.3 is 9.84 Å². The molecule has 1 aromatic rings. The quantitative estimate of drug-likeness (QED) is 0.672. The first kappa shape index (κ1) is 18.7. The van der Waals surface area contributed by atoms with E-state index in [0.717, 1.165) is 35.8 Å². The van der Waals surface area contributed by atoms with Crippen molar-refractivity contribution < 1.29 is 9.84 Å². The van der Waals surface area contributed by atoms with Crippen LogP contribution in [0.5, 0.6) is 5.75 Å². The lowest BCUT2D eigenvalue weighted by Gasteiger charge is -2.59. The first-order chi connectivity index (χ1) is 13.5. The molecule has 4 aliphatic carbocycles. The summed E-state index contributed by atoms with van der Waals surface area (Å²) >= 11 is 0. The van der Waals surface area contributed by atoms with Crippen molar-refractivity contribution in [1.82, 2.24) is 0 Å². The fraction of sp³-hybridized carbons (Fsp3) is 0.692. The Labute approximate surface area is 170 Å². The molecule has 3 saturated carbocycles. The minimum Gasteiger partial charge on any atom is -0.497 e. The highest BCUT2D eigenvalue weighted by Gasteiger charge is 2.59. The van der Waals surface area contributed by atoms with E-state index in [1.54, 1.807) is 12.7 Å². The number of methoxy groups -OCH3 is 1. The van der Waals surface area contributed by atoms with E-state index in [9.17, 15) is 5.11 Å². The molecule has 1 aromatic carbocycles. The van der Waals surface area contributed by atoms with E-state index in [1.807, 2.05) is 0 Å². The van der Waals surface area contributed by atoms with Gasteiger partial charge in [-0.25, -0.2) is 0 Å². The van der Waals surface area contributed by atoms with E-state index < -0.39 is 0 Å². The molecule has 28 heavy (non-hydrogen) atoms. The second kappa shape index (κ2) is 6.62. The standard InChI is InChI=1S/C26H36O2/c1-25-14-12-18(17-4-7-20(28-3)8-5-17)16-19(25)6-9-21-22-10-11-24(27)26(22,2)15-13-23(21)25/h4-5,7-8,12,19,21-24,27H,6,9-11,13-16H2,1-3H3/t19-,21+,22+,23+,24-,25-,26-/m0/s1. The molecule has 4 aliphatic rings. The maximum Gasteiger partial charge on any atom is 0.118 e. The highest BCUT2D eigenvalue weighted by Crippen LogP contribution is 2.66. The van der Waals surface area contributed by atoms with Crippen LogP contribution in [0.1, 0.15) is 70.8 Å². The van der Waals surface area contributed by atoms with Crippen LogP contribution < -0.4 is 4.74 Å². The molecule has 5 rings (SSSR count). The summed E-state index contributed by atoms with van der Waals surface area (Å²) < 4.78 is 5.33. The van der Waals surface area contributed by atoms with Crippen molar-refractivity contribution in [1.29, 1.82) is 0 Å². The molecular weight excluding hydrogens is 344 g/mol. The second-order valence-corrected chi connectivity index (χ2v) is 10.7. The van der Waals surface area contributed by atoms with Crippen molar-refractivity contribution in [3.63, 3.8) is 0 Å². The summed E-state index contributed by atoms with van der Waals surface area (Å²) in [4.78, 5) is 0. The smallest absolute Gasteiger partial charge is 0.118 e. The summed E-state index contributed by atoms with van der Waals surface area (Å²) in [6.45, 7) is 4.99. The summed E-state index contributed by atoms with van der Waals surface area (Å²) in [7, 11) is 1.73. The number of rotatable bonds is 2. The second-order valence-electron chi connectivity index (χ2n) is 10.7. The van der Waals surface area contributed by atoms with Gasteiger partial charge in [0.15, 0.2) is 0 Å². The molecule has 0 aromatic heterocycles. The summed E-state index contributed by atoms with van der Waals surface area (Å²) in [6, 6.07) is 8.64. The van der Waals surface area contributed by atoms with E-state index in [4.69, 9.17) is 4.74 Å². The van der Waals surface area contributed by atoms with Crippen LogP contribution in [0.2, 0.25) is 0 Å². The summed E-state index contributed by atoms with van der Waals surface area (Å²) in [6.07, 6.45) is 12.6. The van der Waals surface area contributed by atoms with Gasteiger partial charge in [-0.15, -0.1) is 0 Å². The Morgan fingerprint density at radius 2 is 1.68 bits per heavy atom. The minimum atomic E-state index is -0.0584. The largest absolute Gasteiger partial charge is 0.497 e. The molecule has 0 heterocycles. The van der Waals surface area contributed by atoms with Crippen LogP contribution in [0.25, 0.3) is 5.57 Å². The molecule has 0 spiro atoms. The molecule has 7 atom stereocenters. The molecule has 3 fully saturated rings. The predicted molar refractivity (Wildman–Crippen MR) is 114 cm³/mol. The van der Waals surface area contributed by atoms with E-state index in [-0.39, 0.29) is 11.5 Å². The monoisotopic (exact) mass is 380 g/mol. The number of benzene rings is 1. The van der Waals surface area contributed by atoms with Crippen molar-refractivity contribution in [3.05, 3.63) is 35.9 Å². The van der Waals surface area contributed by atoms with Crippen molar-refractivity contribution in [2.45, 2.75) is 71.3 Å². The first-order valence-corrected chi connectivity index (χ1v) is 11.5. The Morgan fingerprint density at radius 1 is 0.929 bits per heavy atom. The Morgan fingerprint density at radius 3 is 2.43 bits per heavy atom. The van der Waals surface area contributed by atoms with Crippen molar-refractivity contribution in [2.24, 2.45) is 34.5 Å². The molecule has 0 saturated heterocycles. The van der Waals surface area contributed by atoms with Crippen LogP contribution in [0.3, 0.4) is 0 Å². The number of aliphatic hydroxyl groups excluding tert-OH is 1. The van der Waals surface area contributed by atoms with Gasteiger partial charge in [-0.3, -0.25) is 0 Å². The summed E-state index contributed by atoms with van der Waals surface area (Å²) in [5.41, 5.74) is 3.57. The Balaban J connectivity index is 1.40. The molecule has 152 valence electrons. The Hall–Kier alpha value is -1.28. The lowest BCUT2D eigenvalue weighted by Crippen LogP contribution is -2.53. The Kier molecular flexibility index (Phi) is 4.43. The van der Waals surface area contributed by atoms with Crippen LogP contribution in [0.4, 0.5) is 0 Å². The van der Waals surface area contributed by atoms with Crippen molar-refractivity contribution in [2.75, 3.05) is 7.11 Å². The van der Waals surface area contributed by atoms with Gasteiger partial charge in [0.2, 0.25) is 0 Å². The summed E-state index contributed by atoms with van der Waals surface area (Å²) in [5.74, 6) is 4.20. The topological polar surface area (TPSA) is 29.5 Å². The van der Waals surface area contributed by atoms with Crippen molar-refractivity contribution >= 4 is 5.57 Å². The van der Waals surface area contributed by atoms with Gasteiger partial charge in [0.1, 0.15) is 5.75 Å². The maximum atomic E-state index is 10.7. The van der Waals surface area contributed by atoms with Crippen LogP contribution in [-0.4, -0.2) is 18.3 Å². The minimum absolute atomic E-state index is 0.0584. The third kappa shape index (κ3) is 2.63. The van der Waals surface area contributed by atoms with Gasteiger partial charge >= 0.3 is 0 Å². The number of hydrogen-bond donors (Lipinski definition) is 1. The van der Waals surface area contributed by atoms with E-state index in [2.05, 4.69) is 44.2 Å². The van der Waals surface area contributed by atoms with Crippen LogP contribution in [-0.2, 0) is 0 Å². The summed E-state index contributed by atoms with van der Waals surface area (Å²) in [5, 5.41) is 10.7. The first-order valence-electron chi connectivity index (χ1n) is 11.5. The van der Waals surface area contributed by atoms with Gasteiger partial charge in [-0.2, -0.15) is 0 Å². The zero-order valence-corrected chi connectivity index (χ0v) is 17.8. The zero-order valence-electron chi connectivity index (χ0n) is 17.8. The Bertz CT molecular complexity index is 765. The number of ether oxygens (including phenoxy) is 1. The van der Waals surface area contributed by atoms with Gasteiger partial charge in [0, 0.05) is 0 Å². The third-order valence-corrected chi connectivity index (χ3v) is 9.73. The average Bonchev–Trinajstić information content (AvgIpc) is 3.02. The molecule has 0 amide bonds. The van der Waals surface area contributed by atoms with Crippen molar-refractivity contribution in [3.8, 4) is 5.75 Å². The molecule has 0 unspecified atom stereocenters. The molecule has 2 heteroatoms. The van der Waals surface area contributed by atoms with Gasteiger partial charge in [-0.05, 0) is 109 Å². The fourth-order valence-electron chi connectivity index (χ4n) is 7.89. The van der Waals surface area contributed by atoms with Crippen LogP contribution in [0.15, 0.2) is 30.3 Å². The van der Waals surface area contributed by atoms with Gasteiger partial charge in [-0.1, -0.05) is 32.1 Å². The lowest BCUT2D eigenvalue weighted by molar-refractivity contribution is -0.108. The lowest BCUT2D eigenvalue weighted by atomic mass is 9.45. The van der Waals surface area contributed by atoms with E-state index in [0.29, 0.717) is 5.41 Å². The predicted octanol–water partition coefficient (Wildman–Crippen LogP) is 6.09. The molecule has 1 N–H and O–H groups in total. The maximum absolute atomic E-state index is 10.7. The highest BCUT2D eigenvalue weighted by molar-refractivity contribution is 5.67. The average molecular weight is 381 g/mol. The number of fused-ring (bicyclic) bond motifs is 5. The third-order valence-electron chi connectivity index (χ3n) is 9.73. The fourth-order valence-corrected chi connectivity index (χ4v) is 7.89. The van der Waals surface area contributed by atoms with Gasteiger partial charge in [0.25, 0.3) is 0 Å². The molecule has 0 bridgehead atoms. The number of aliphatic hydroxyl groups is 1. The van der Waals surface area contributed by atoms with Crippen LogP contribution >= 0.6 is 0 Å². The number of allylic oxidation sites excluding steroid dienone is 2. The van der Waals surface area contributed by atoms with Gasteiger partial charge in [0.05, 0.1) is 13.2 Å². The SMILES string of the molecule is COc1ccc(C2=CC[C@@]3(C)[C@@H](CC[C@H]4[C@H]3CC[C@@]3(C)[C@@H]4CC[C@@H]3O)C2)cc1. The molecular formula is C26H36O2. The normalized spacial score (nSPS) is 44.9.